The lowest BCUT2D eigenvalue weighted by Gasteiger charge is -2.51. The summed E-state index contributed by atoms with van der Waals surface area (Å²) >= 11 is 0. The van der Waals surface area contributed by atoms with Gasteiger partial charge in [-0.05, 0) is 57.8 Å². The Kier molecular flexibility index (Phi) is 2.99. The van der Waals surface area contributed by atoms with Crippen LogP contribution in [0, 0.1) is 11.8 Å². The van der Waals surface area contributed by atoms with Crippen molar-refractivity contribution in [3.63, 3.8) is 0 Å². The van der Waals surface area contributed by atoms with Crippen molar-refractivity contribution in [3.8, 4) is 0 Å². The Hall–Kier alpha value is -0.0800. The molecule has 0 aromatic carbocycles. The molecular weight excluding hydrogens is 208 g/mol. The summed E-state index contributed by atoms with van der Waals surface area (Å²) in [6, 6.07) is 1.54. The van der Waals surface area contributed by atoms with Gasteiger partial charge in [-0.1, -0.05) is 6.92 Å². The normalized spacial score (nSPS) is 41.5. The van der Waals surface area contributed by atoms with E-state index in [1.807, 2.05) is 0 Å². The highest BCUT2D eigenvalue weighted by molar-refractivity contribution is 5.07. The highest BCUT2D eigenvalue weighted by Crippen LogP contribution is 2.46. The van der Waals surface area contributed by atoms with E-state index in [1.54, 1.807) is 0 Å². The molecule has 0 aromatic heterocycles. The van der Waals surface area contributed by atoms with E-state index < -0.39 is 0 Å². The maximum absolute atomic E-state index is 3.86. The highest BCUT2D eigenvalue weighted by Gasteiger charge is 2.50. The lowest BCUT2D eigenvalue weighted by molar-refractivity contribution is -0.00121. The average molecular weight is 236 g/mol. The van der Waals surface area contributed by atoms with Crippen LogP contribution in [0.5, 0.6) is 0 Å². The predicted molar refractivity (Wildman–Crippen MR) is 72.1 cm³/mol. The van der Waals surface area contributed by atoms with Crippen molar-refractivity contribution >= 4 is 0 Å². The molecule has 1 N–H and O–H groups in total. The molecule has 3 atom stereocenters. The zero-order valence-electron chi connectivity index (χ0n) is 11.7. The molecule has 17 heavy (non-hydrogen) atoms. The third kappa shape index (κ3) is 2.15. The molecule has 0 spiro atoms. The molecule has 0 amide bonds. The summed E-state index contributed by atoms with van der Waals surface area (Å²) in [5.41, 5.74) is 0.445. The first-order valence-corrected chi connectivity index (χ1v) is 7.65. The first-order valence-electron chi connectivity index (χ1n) is 7.65. The predicted octanol–water partition coefficient (Wildman–Crippen LogP) is 2.64. The Morgan fingerprint density at radius 2 is 2.00 bits per heavy atom. The minimum absolute atomic E-state index is 0.445. The molecule has 1 heterocycles. The molecule has 1 saturated heterocycles. The lowest BCUT2D eigenvalue weighted by atomic mass is 9.87. The van der Waals surface area contributed by atoms with Crippen LogP contribution < -0.4 is 5.32 Å². The number of rotatable bonds is 4. The number of nitrogens with one attached hydrogen (secondary N) is 1. The maximum atomic E-state index is 3.86. The van der Waals surface area contributed by atoms with E-state index in [2.05, 4.69) is 31.0 Å². The third-order valence-corrected chi connectivity index (χ3v) is 5.54. The molecule has 2 saturated carbocycles. The molecule has 98 valence electrons. The number of nitrogens with zero attached hydrogens (tertiary/aromatic N) is 1. The van der Waals surface area contributed by atoms with Gasteiger partial charge in [-0.25, -0.2) is 0 Å². The van der Waals surface area contributed by atoms with Crippen LogP contribution in [0.1, 0.15) is 52.9 Å². The van der Waals surface area contributed by atoms with Crippen molar-refractivity contribution in [2.24, 2.45) is 11.8 Å². The first kappa shape index (κ1) is 12.0. The fraction of sp³-hybridized carbons (Fsp3) is 1.00. The minimum Gasteiger partial charge on any atom is -0.311 e. The van der Waals surface area contributed by atoms with Gasteiger partial charge in [0.05, 0.1) is 0 Å². The van der Waals surface area contributed by atoms with Gasteiger partial charge in [-0.2, -0.15) is 0 Å². The van der Waals surface area contributed by atoms with Crippen molar-refractivity contribution < 1.29 is 0 Å². The molecule has 0 aromatic rings. The summed E-state index contributed by atoms with van der Waals surface area (Å²) in [5.74, 6) is 1.95. The van der Waals surface area contributed by atoms with E-state index in [9.17, 15) is 0 Å². The molecule has 3 fully saturated rings. The molecule has 2 nitrogen and oxygen atoms in total. The summed E-state index contributed by atoms with van der Waals surface area (Å²) in [6.07, 6.45) is 7.14. The second kappa shape index (κ2) is 4.24. The van der Waals surface area contributed by atoms with Crippen molar-refractivity contribution in [1.29, 1.82) is 0 Å². The molecule has 1 aliphatic heterocycles. The Morgan fingerprint density at radius 3 is 2.53 bits per heavy atom. The quantitative estimate of drug-likeness (QED) is 0.807. The number of hydrogen-bond donors (Lipinski definition) is 1. The summed E-state index contributed by atoms with van der Waals surface area (Å²) < 4.78 is 0. The SMILES string of the molecule is CCC(C)N1CC(C2CC2)NCC1(C)C1CC1. The van der Waals surface area contributed by atoms with Gasteiger partial charge in [-0.3, -0.25) is 4.90 Å². The van der Waals surface area contributed by atoms with Crippen LogP contribution in [0.25, 0.3) is 0 Å². The Balaban J connectivity index is 1.74. The van der Waals surface area contributed by atoms with Crippen LogP contribution in [-0.2, 0) is 0 Å². The summed E-state index contributed by atoms with van der Waals surface area (Å²) in [4.78, 5) is 2.85. The number of hydrogen-bond acceptors (Lipinski definition) is 2. The fourth-order valence-electron chi connectivity index (χ4n) is 3.73. The van der Waals surface area contributed by atoms with Gasteiger partial charge in [0.15, 0.2) is 0 Å². The Labute approximate surface area is 106 Å². The molecule has 0 bridgehead atoms. The standard InChI is InChI=1S/C15H28N2/c1-4-11(2)17-9-14(12-5-6-12)16-10-15(17,3)13-7-8-13/h11-14,16H,4-10H2,1-3H3. The smallest absolute Gasteiger partial charge is 0.0337 e. The van der Waals surface area contributed by atoms with Crippen molar-refractivity contribution in [1.82, 2.24) is 10.2 Å². The maximum Gasteiger partial charge on any atom is 0.0337 e. The van der Waals surface area contributed by atoms with E-state index >= 15 is 0 Å². The van der Waals surface area contributed by atoms with E-state index in [0.717, 1.165) is 23.9 Å². The summed E-state index contributed by atoms with van der Waals surface area (Å²) in [6.45, 7) is 9.80. The van der Waals surface area contributed by atoms with Gasteiger partial charge < -0.3 is 5.32 Å². The van der Waals surface area contributed by atoms with E-state index in [-0.39, 0.29) is 0 Å². The third-order valence-electron chi connectivity index (χ3n) is 5.54. The minimum atomic E-state index is 0.445. The van der Waals surface area contributed by atoms with Crippen LogP contribution >= 0.6 is 0 Å². The van der Waals surface area contributed by atoms with Crippen LogP contribution in [0.3, 0.4) is 0 Å². The largest absolute Gasteiger partial charge is 0.311 e. The fourth-order valence-corrected chi connectivity index (χ4v) is 3.73. The van der Waals surface area contributed by atoms with Crippen LogP contribution in [0.2, 0.25) is 0 Å². The van der Waals surface area contributed by atoms with Gasteiger partial charge in [0.25, 0.3) is 0 Å². The van der Waals surface area contributed by atoms with Gasteiger partial charge in [0.1, 0.15) is 0 Å². The zero-order chi connectivity index (χ0) is 12.0. The molecule has 3 unspecified atom stereocenters. The molecule has 3 rings (SSSR count). The molecular formula is C15H28N2. The second-order valence-corrected chi connectivity index (χ2v) is 6.87. The lowest BCUT2D eigenvalue weighted by Crippen LogP contribution is -2.66. The van der Waals surface area contributed by atoms with Crippen LogP contribution in [0.4, 0.5) is 0 Å². The van der Waals surface area contributed by atoms with Gasteiger partial charge in [0, 0.05) is 30.7 Å². The van der Waals surface area contributed by atoms with Gasteiger partial charge in [0.2, 0.25) is 0 Å². The van der Waals surface area contributed by atoms with Crippen LogP contribution in [-0.4, -0.2) is 35.6 Å². The summed E-state index contributed by atoms with van der Waals surface area (Å²) in [5, 5.41) is 3.86. The van der Waals surface area contributed by atoms with E-state index in [0.29, 0.717) is 5.54 Å². The van der Waals surface area contributed by atoms with Gasteiger partial charge >= 0.3 is 0 Å². The first-order chi connectivity index (χ1) is 8.15. The molecule has 2 aliphatic carbocycles. The van der Waals surface area contributed by atoms with Crippen molar-refractivity contribution in [2.75, 3.05) is 13.1 Å². The Morgan fingerprint density at radius 1 is 1.29 bits per heavy atom. The van der Waals surface area contributed by atoms with Gasteiger partial charge in [-0.15, -0.1) is 0 Å². The monoisotopic (exact) mass is 236 g/mol. The molecule has 3 aliphatic rings. The highest BCUT2D eigenvalue weighted by atomic mass is 15.3. The topological polar surface area (TPSA) is 15.3 Å². The van der Waals surface area contributed by atoms with E-state index in [4.69, 9.17) is 0 Å². The number of piperazine rings is 1. The van der Waals surface area contributed by atoms with E-state index in [1.165, 1.54) is 45.2 Å². The summed E-state index contributed by atoms with van der Waals surface area (Å²) in [7, 11) is 0. The average Bonchev–Trinajstić information content (AvgIpc) is 3.20. The van der Waals surface area contributed by atoms with Crippen molar-refractivity contribution in [2.45, 2.75) is 70.5 Å². The molecule has 2 heteroatoms. The Bertz CT molecular complexity index is 283. The van der Waals surface area contributed by atoms with Crippen LogP contribution in [0.15, 0.2) is 0 Å². The molecule has 0 radical (unpaired) electrons. The second-order valence-electron chi connectivity index (χ2n) is 6.87. The zero-order valence-corrected chi connectivity index (χ0v) is 11.7. The van der Waals surface area contributed by atoms with Crippen molar-refractivity contribution in [3.05, 3.63) is 0 Å².